The first-order valence-corrected chi connectivity index (χ1v) is 4.91. The van der Waals surface area contributed by atoms with Gasteiger partial charge in [-0.3, -0.25) is 10.1 Å². The normalized spacial score (nSPS) is 13.3. The molecule has 0 aromatic heterocycles. The van der Waals surface area contributed by atoms with Crippen LogP contribution in [0.4, 0.5) is 5.69 Å². The van der Waals surface area contributed by atoms with Gasteiger partial charge in [-0.05, 0) is 30.4 Å². The van der Waals surface area contributed by atoms with Gasteiger partial charge in [-0.25, -0.2) is 0 Å². The van der Waals surface area contributed by atoms with Gasteiger partial charge in [0.2, 0.25) is 0 Å². The molecular formula is C10H7ClN2O2. The van der Waals surface area contributed by atoms with E-state index in [1.165, 1.54) is 6.07 Å². The summed E-state index contributed by atoms with van der Waals surface area (Å²) >= 11 is 5.93. The van der Waals surface area contributed by atoms with Crippen molar-refractivity contribution in [3.63, 3.8) is 0 Å². The highest BCUT2D eigenvalue weighted by molar-refractivity contribution is 6.33. The van der Waals surface area contributed by atoms with Crippen molar-refractivity contribution in [2.24, 2.45) is 0 Å². The van der Waals surface area contributed by atoms with E-state index >= 15 is 0 Å². The predicted molar refractivity (Wildman–Crippen MR) is 54.8 cm³/mol. The summed E-state index contributed by atoms with van der Waals surface area (Å²) in [6.45, 7) is 0. The van der Waals surface area contributed by atoms with E-state index in [1.807, 2.05) is 6.07 Å². The maximum Gasteiger partial charge on any atom is 0.289 e. The van der Waals surface area contributed by atoms with Crippen molar-refractivity contribution in [3.8, 4) is 6.07 Å². The van der Waals surface area contributed by atoms with Crippen molar-refractivity contribution in [2.45, 2.75) is 19.3 Å². The standard InChI is InChI=1S/C10H7ClN2O2/c11-10-8-3-1-2-7(8)6(5-12)4-9(10)13(14)15/h4H,1-3H2. The summed E-state index contributed by atoms with van der Waals surface area (Å²) in [6, 6.07) is 3.26. The van der Waals surface area contributed by atoms with Crippen LogP contribution >= 0.6 is 11.6 Å². The van der Waals surface area contributed by atoms with E-state index in [4.69, 9.17) is 16.9 Å². The van der Waals surface area contributed by atoms with Gasteiger partial charge in [-0.2, -0.15) is 5.26 Å². The van der Waals surface area contributed by atoms with Gasteiger partial charge in [0, 0.05) is 6.07 Å². The van der Waals surface area contributed by atoms with Crippen LogP contribution in [0.1, 0.15) is 23.1 Å². The van der Waals surface area contributed by atoms with Crippen LogP contribution < -0.4 is 0 Å². The number of nitrogens with zero attached hydrogens (tertiary/aromatic N) is 2. The molecule has 1 aliphatic carbocycles. The molecule has 0 radical (unpaired) electrons. The zero-order valence-corrected chi connectivity index (χ0v) is 8.54. The van der Waals surface area contributed by atoms with Crippen LogP contribution in [0.25, 0.3) is 0 Å². The van der Waals surface area contributed by atoms with Crippen LogP contribution in [-0.2, 0) is 12.8 Å². The van der Waals surface area contributed by atoms with Crippen LogP contribution in [0.15, 0.2) is 6.07 Å². The van der Waals surface area contributed by atoms with Gasteiger partial charge >= 0.3 is 0 Å². The monoisotopic (exact) mass is 222 g/mol. The third-order valence-electron chi connectivity index (χ3n) is 2.63. The van der Waals surface area contributed by atoms with Gasteiger partial charge < -0.3 is 0 Å². The topological polar surface area (TPSA) is 66.9 Å². The summed E-state index contributed by atoms with van der Waals surface area (Å²) in [6.07, 6.45) is 2.42. The molecule has 15 heavy (non-hydrogen) atoms. The van der Waals surface area contributed by atoms with Crippen molar-refractivity contribution in [1.82, 2.24) is 0 Å². The second-order valence-corrected chi connectivity index (χ2v) is 3.81. The van der Waals surface area contributed by atoms with Gasteiger partial charge in [0.25, 0.3) is 5.69 Å². The molecule has 0 amide bonds. The van der Waals surface area contributed by atoms with E-state index in [0.29, 0.717) is 5.56 Å². The van der Waals surface area contributed by atoms with Crippen LogP contribution in [0, 0.1) is 21.4 Å². The summed E-state index contributed by atoms with van der Waals surface area (Å²) in [4.78, 5) is 10.2. The molecule has 1 aromatic carbocycles. The quantitative estimate of drug-likeness (QED) is 0.542. The Morgan fingerprint density at radius 3 is 2.73 bits per heavy atom. The number of nitro benzene ring substituents is 1. The second kappa shape index (κ2) is 3.52. The number of fused-ring (bicyclic) bond motifs is 1. The van der Waals surface area contributed by atoms with Gasteiger partial charge in [-0.1, -0.05) is 11.6 Å². The first-order valence-electron chi connectivity index (χ1n) is 4.54. The zero-order chi connectivity index (χ0) is 11.0. The highest BCUT2D eigenvalue weighted by Crippen LogP contribution is 2.37. The number of hydrogen-bond acceptors (Lipinski definition) is 3. The Kier molecular flexibility index (Phi) is 2.33. The van der Waals surface area contributed by atoms with E-state index < -0.39 is 4.92 Å². The highest BCUT2D eigenvalue weighted by Gasteiger charge is 2.25. The molecular weight excluding hydrogens is 216 g/mol. The Labute approximate surface area is 91.2 Å². The van der Waals surface area contributed by atoms with E-state index in [1.54, 1.807) is 0 Å². The Hall–Kier alpha value is -1.60. The average molecular weight is 223 g/mol. The third kappa shape index (κ3) is 1.45. The lowest BCUT2D eigenvalue weighted by Gasteiger charge is -2.04. The van der Waals surface area contributed by atoms with Crippen molar-refractivity contribution in [3.05, 3.63) is 37.9 Å². The lowest BCUT2D eigenvalue weighted by atomic mass is 10.0. The maximum absolute atomic E-state index is 10.7. The molecule has 5 heteroatoms. The lowest BCUT2D eigenvalue weighted by Crippen LogP contribution is -1.96. The van der Waals surface area contributed by atoms with E-state index in [0.717, 1.165) is 30.4 Å². The smallest absolute Gasteiger partial charge is 0.258 e. The molecule has 0 saturated carbocycles. The van der Waals surface area contributed by atoms with E-state index in [2.05, 4.69) is 0 Å². The summed E-state index contributed by atoms with van der Waals surface area (Å²) in [7, 11) is 0. The number of hydrogen-bond donors (Lipinski definition) is 0. The first kappa shape index (κ1) is 9.94. The Morgan fingerprint density at radius 2 is 2.13 bits per heavy atom. The molecule has 1 aromatic rings. The van der Waals surface area contributed by atoms with Gasteiger partial charge in [0.15, 0.2) is 0 Å². The number of benzene rings is 1. The van der Waals surface area contributed by atoms with Crippen LogP contribution in [0.5, 0.6) is 0 Å². The minimum absolute atomic E-state index is 0.158. The maximum atomic E-state index is 10.7. The summed E-state index contributed by atoms with van der Waals surface area (Å²) in [5.74, 6) is 0. The minimum atomic E-state index is -0.540. The molecule has 0 N–H and O–H groups in total. The Bertz CT molecular complexity index is 491. The molecule has 0 spiro atoms. The van der Waals surface area contributed by atoms with Gasteiger partial charge in [-0.15, -0.1) is 0 Å². The predicted octanol–water partition coefficient (Wildman–Crippen LogP) is 2.61. The van der Waals surface area contributed by atoms with Crippen molar-refractivity contribution in [1.29, 1.82) is 5.26 Å². The molecule has 2 rings (SSSR count). The van der Waals surface area contributed by atoms with Gasteiger partial charge in [0.05, 0.1) is 16.6 Å². The van der Waals surface area contributed by atoms with E-state index in [9.17, 15) is 10.1 Å². The number of nitro groups is 1. The van der Waals surface area contributed by atoms with Crippen LogP contribution in [-0.4, -0.2) is 4.92 Å². The number of rotatable bonds is 1. The zero-order valence-electron chi connectivity index (χ0n) is 7.79. The highest BCUT2D eigenvalue weighted by atomic mass is 35.5. The molecule has 0 fully saturated rings. The summed E-state index contributed by atoms with van der Waals surface area (Å²) < 4.78 is 0. The minimum Gasteiger partial charge on any atom is -0.258 e. The molecule has 0 atom stereocenters. The fraction of sp³-hybridized carbons (Fsp3) is 0.300. The molecule has 0 bridgehead atoms. The third-order valence-corrected chi connectivity index (χ3v) is 3.05. The van der Waals surface area contributed by atoms with Crippen LogP contribution in [0.2, 0.25) is 5.02 Å². The molecule has 1 aliphatic rings. The van der Waals surface area contributed by atoms with Gasteiger partial charge in [0.1, 0.15) is 5.02 Å². The molecule has 0 unspecified atom stereocenters. The SMILES string of the molecule is N#Cc1cc([N+](=O)[O-])c(Cl)c2c1CCC2. The fourth-order valence-corrected chi connectivity index (χ4v) is 2.29. The average Bonchev–Trinajstić information content (AvgIpc) is 2.67. The largest absolute Gasteiger partial charge is 0.289 e. The summed E-state index contributed by atoms with van der Waals surface area (Å²) in [5.41, 5.74) is 1.89. The van der Waals surface area contributed by atoms with Crippen molar-refractivity contribution >= 4 is 17.3 Å². The van der Waals surface area contributed by atoms with Crippen LogP contribution in [0.3, 0.4) is 0 Å². The fourth-order valence-electron chi connectivity index (χ4n) is 1.96. The summed E-state index contributed by atoms with van der Waals surface area (Å²) in [5, 5.41) is 19.8. The molecule has 0 saturated heterocycles. The number of halogens is 1. The lowest BCUT2D eigenvalue weighted by molar-refractivity contribution is -0.384. The molecule has 76 valence electrons. The molecule has 0 heterocycles. The Balaban J connectivity index is 2.73. The number of nitriles is 1. The van der Waals surface area contributed by atoms with E-state index in [-0.39, 0.29) is 10.7 Å². The molecule has 0 aliphatic heterocycles. The first-order chi connectivity index (χ1) is 7.15. The van der Waals surface area contributed by atoms with Crippen molar-refractivity contribution in [2.75, 3.05) is 0 Å². The molecule has 4 nitrogen and oxygen atoms in total. The Morgan fingerprint density at radius 1 is 1.47 bits per heavy atom. The second-order valence-electron chi connectivity index (χ2n) is 3.44. The van der Waals surface area contributed by atoms with Crippen molar-refractivity contribution < 1.29 is 4.92 Å².